The third-order valence-electron chi connectivity index (χ3n) is 2.49. The topological polar surface area (TPSA) is 105 Å². The Labute approximate surface area is 112 Å². The Morgan fingerprint density at radius 1 is 1.42 bits per heavy atom. The molecule has 0 aliphatic carbocycles. The first-order valence-electron chi connectivity index (χ1n) is 5.33. The number of aromatic carboxylic acids is 1. The summed E-state index contributed by atoms with van der Waals surface area (Å²) in [5, 5.41) is 13.4. The summed E-state index contributed by atoms with van der Waals surface area (Å²) in [4.78, 5) is 26.6. The van der Waals surface area contributed by atoms with E-state index in [9.17, 15) is 9.59 Å². The maximum atomic E-state index is 11.9. The number of benzene rings is 1. The Morgan fingerprint density at radius 3 is 2.74 bits per heavy atom. The highest BCUT2D eigenvalue weighted by molar-refractivity contribution is 7.13. The maximum Gasteiger partial charge on any atom is 0.335 e. The first-order chi connectivity index (χ1) is 8.97. The molecule has 0 spiro atoms. The van der Waals surface area contributed by atoms with Crippen LogP contribution < -0.4 is 11.1 Å². The molecule has 0 unspecified atom stereocenters. The number of rotatable bonds is 3. The predicted octanol–water partition coefficient (Wildman–Crippen LogP) is 1.98. The van der Waals surface area contributed by atoms with E-state index in [2.05, 4.69) is 10.3 Å². The van der Waals surface area contributed by atoms with E-state index in [1.165, 1.54) is 23.5 Å². The van der Waals surface area contributed by atoms with Gasteiger partial charge in [0.25, 0.3) is 5.91 Å². The first kappa shape index (κ1) is 13.0. The molecule has 1 aromatic heterocycles. The molecule has 0 radical (unpaired) electrons. The van der Waals surface area contributed by atoms with Crippen LogP contribution in [0.3, 0.4) is 0 Å². The van der Waals surface area contributed by atoms with E-state index in [0.29, 0.717) is 10.8 Å². The number of anilines is 2. The maximum absolute atomic E-state index is 11.9. The van der Waals surface area contributed by atoms with E-state index in [1.54, 1.807) is 18.4 Å². The second-order valence-corrected chi connectivity index (χ2v) is 4.75. The summed E-state index contributed by atoms with van der Waals surface area (Å²) < 4.78 is 0. The summed E-state index contributed by atoms with van der Waals surface area (Å²) in [6.45, 7) is 1.77. The fraction of sp³-hybridized carbons (Fsp3) is 0.0833. The van der Waals surface area contributed by atoms with Gasteiger partial charge < -0.3 is 16.2 Å². The Kier molecular flexibility index (Phi) is 3.48. The Balaban J connectivity index is 2.25. The third kappa shape index (κ3) is 2.89. The van der Waals surface area contributed by atoms with E-state index in [-0.39, 0.29) is 11.3 Å². The zero-order chi connectivity index (χ0) is 14.0. The molecule has 98 valence electrons. The summed E-state index contributed by atoms with van der Waals surface area (Å²) in [5.74, 6) is -1.47. The van der Waals surface area contributed by atoms with E-state index >= 15 is 0 Å². The Bertz CT molecular complexity index is 651. The van der Waals surface area contributed by atoms with E-state index < -0.39 is 11.9 Å². The molecular weight excluding hydrogens is 266 g/mol. The lowest BCUT2D eigenvalue weighted by Crippen LogP contribution is -2.14. The molecule has 0 bridgehead atoms. The van der Waals surface area contributed by atoms with Crippen LogP contribution in [-0.2, 0) is 0 Å². The van der Waals surface area contributed by atoms with Gasteiger partial charge in [-0.2, -0.15) is 0 Å². The van der Waals surface area contributed by atoms with Crippen LogP contribution in [0.2, 0.25) is 0 Å². The van der Waals surface area contributed by atoms with Crippen molar-refractivity contribution in [3.8, 4) is 0 Å². The van der Waals surface area contributed by atoms with Gasteiger partial charge in [0.1, 0.15) is 5.69 Å². The Hall–Kier alpha value is -2.41. The number of amides is 1. The normalized spacial score (nSPS) is 10.2. The van der Waals surface area contributed by atoms with Gasteiger partial charge in [0.15, 0.2) is 5.13 Å². The first-order valence-corrected chi connectivity index (χ1v) is 6.21. The van der Waals surface area contributed by atoms with E-state index in [4.69, 9.17) is 10.8 Å². The van der Waals surface area contributed by atoms with Crippen LogP contribution in [0.25, 0.3) is 0 Å². The van der Waals surface area contributed by atoms with Gasteiger partial charge in [-0.15, -0.1) is 11.3 Å². The van der Waals surface area contributed by atoms with E-state index in [0.717, 1.165) is 5.56 Å². The van der Waals surface area contributed by atoms with Crippen molar-refractivity contribution in [2.75, 3.05) is 11.1 Å². The number of carboxylic acid groups (broad SMARTS) is 1. The molecule has 0 aliphatic rings. The molecule has 2 aromatic rings. The van der Waals surface area contributed by atoms with Gasteiger partial charge >= 0.3 is 5.97 Å². The molecule has 19 heavy (non-hydrogen) atoms. The second-order valence-electron chi connectivity index (χ2n) is 3.86. The average molecular weight is 277 g/mol. The van der Waals surface area contributed by atoms with Crippen molar-refractivity contribution in [3.63, 3.8) is 0 Å². The number of nitrogens with zero attached hydrogens (tertiary/aromatic N) is 1. The fourth-order valence-electron chi connectivity index (χ4n) is 1.47. The van der Waals surface area contributed by atoms with Crippen molar-refractivity contribution >= 4 is 34.0 Å². The van der Waals surface area contributed by atoms with Crippen LogP contribution in [0.15, 0.2) is 23.6 Å². The van der Waals surface area contributed by atoms with Crippen molar-refractivity contribution in [2.45, 2.75) is 6.92 Å². The largest absolute Gasteiger partial charge is 0.478 e. The zero-order valence-electron chi connectivity index (χ0n) is 10.0. The molecule has 4 N–H and O–H groups in total. The van der Waals surface area contributed by atoms with Gasteiger partial charge in [0.05, 0.1) is 5.56 Å². The van der Waals surface area contributed by atoms with Gasteiger partial charge in [-0.1, -0.05) is 6.07 Å². The molecule has 0 atom stereocenters. The number of hydrogen-bond donors (Lipinski definition) is 3. The predicted molar refractivity (Wildman–Crippen MR) is 72.6 cm³/mol. The third-order valence-corrected chi connectivity index (χ3v) is 3.16. The lowest BCUT2D eigenvalue weighted by molar-refractivity contribution is 0.0696. The summed E-state index contributed by atoms with van der Waals surface area (Å²) >= 11 is 1.17. The second kappa shape index (κ2) is 5.07. The Morgan fingerprint density at radius 2 is 2.16 bits per heavy atom. The highest BCUT2D eigenvalue weighted by Gasteiger charge is 2.12. The van der Waals surface area contributed by atoms with Crippen molar-refractivity contribution in [1.29, 1.82) is 0 Å². The summed E-state index contributed by atoms with van der Waals surface area (Å²) in [6, 6.07) is 4.52. The van der Waals surface area contributed by atoms with Crippen LogP contribution in [0.4, 0.5) is 10.8 Å². The molecule has 0 saturated heterocycles. The molecule has 7 heteroatoms. The number of thiazole rings is 1. The molecule has 0 saturated carbocycles. The lowest BCUT2D eigenvalue weighted by Gasteiger charge is -2.08. The quantitative estimate of drug-likeness (QED) is 0.795. The van der Waals surface area contributed by atoms with Crippen molar-refractivity contribution in [2.24, 2.45) is 0 Å². The summed E-state index contributed by atoms with van der Waals surface area (Å²) in [5.41, 5.74) is 6.98. The van der Waals surface area contributed by atoms with Crippen LogP contribution >= 0.6 is 11.3 Å². The molecule has 0 fully saturated rings. The number of aromatic nitrogens is 1. The number of carbonyl (C=O) groups is 2. The number of nitrogen functional groups attached to an aromatic ring is 1. The highest BCUT2D eigenvalue weighted by atomic mass is 32.1. The van der Waals surface area contributed by atoms with Gasteiger partial charge in [-0.25, -0.2) is 9.78 Å². The van der Waals surface area contributed by atoms with Crippen molar-refractivity contribution < 1.29 is 14.7 Å². The van der Waals surface area contributed by atoms with Crippen LogP contribution in [-0.4, -0.2) is 22.0 Å². The molecule has 6 nitrogen and oxygen atoms in total. The average Bonchev–Trinajstić information content (AvgIpc) is 2.78. The van der Waals surface area contributed by atoms with Crippen molar-refractivity contribution in [1.82, 2.24) is 4.98 Å². The minimum atomic E-state index is -1.05. The highest BCUT2D eigenvalue weighted by Crippen LogP contribution is 2.19. The number of nitrogens with one attached hydrogen (secondary N) is 1. The fourth-order valence-corrected chi connectivity index (χ4v) is 2.01. The SMILES string of the molecule is Cc1ccc(C(=O)O)cc1NC(=O)c1csc(N)n1. The molecule has 0 aliphatic heterocycles. The van der Waals surface area contributed by atoms with Crippen LogP contribution in [0, 0.1) is 6.92 Å². The van der Waals surface area contributed by atoms with Gasteiger partial charge in [0, 0.05) is 11.1 Å². The van der Waals surface area contributed by atoms with E-state index in [1.807, 2.05) is 0 Å². The molecule has 1 amide bonds. The standard InChI is InChI=1S/C12H11N3O3S/c1-6-2-3-7(11(17)18)4-8(6)14-10(16)9-5-19-12(13)15-9/h2-5H,1H3,(H2,13,15)(H,14,16)(H,17,18). The minimum Gasteiger partial charge on any atom is -0.478 e. The molecule has 1 heterocycles. The molecule has 1 aromatic carbocycles. The van der Waals surface area contributed by atoms with Gasteiger partial charge in [-0.3, -0.25) is 4.79 Å². The lowest BCUT2D eigenvalue weighted by atomic mass is 10.1. The smallest absolute Gasteiger partial charge is 0.335 e. The number of nitrogens with two attached hydrogens (primary N) is 1. The van der Waals surface area contributed by atoms with Crippen molar-refractivity contribution in [3.05, 3.63) is 40.4 Å². The minimum absolute atomic E-state index is 0.110. The number of carboxylic acids is 1. The zero-order valence-corrected chi connectivity index (χ0v) is 10.8. The summed E-state index contributed by atoms with van der Waals surface area (Å²) in [6.07, 6.45) is 0. The van der Waals surface area contributed by atoms with Gasteiger partial charge in [0.2, 0.25) is 0 Å². The van der Waals surface area contributed by atoms with Crippen LogP contribution in [0.1, 0.15) is 26.4 Å². The monoisotopic (exact) mass is 277 g/mol. The van der Waals surface area contributed by atoms with Crippen LogP contribution in [0.5, 0.6) is 0 Å². The molecular formula is C12H11N3O3S. The number of aryl methyl sites for hydroxylation is 1. The summed E-state index contributed by atoms with van der Waals surface area (Å²) in [7, 11) is 0. The number of hydrogen-bond acceptors (Lipinski definition) is 5. The number of carbonyl (C=O) groups excluding carboxylic acids is 1. The molecule has 2 rings (SSSR count). The van der Waals surface area contributed by atoms with Gasteiger partial charge in [-0.05, 0) is 24.6 Å².